The van der Waals surface area contributed by atoms with Crippen molar-refractivity contribution in [2.75, 3.05) is 13.2 Å². The predicted molar refractivity (Wildman–Crippen MR) is 80.4 cm³/mol. The second-order valence-electron chi connectivity index (χ2n) is 4.53. The Balaban J connectivity index is 1.79. The molecule has 21 heavy (non-hydrogen) atoms. The Bertz CT molecular complexity index is 646. The number of carbonyl (C=O) groups excluding carboxylic acids is 1. The largest absolute Gasteiger partial charge is 0.492 e. The van der Waals surface area contributed by atoms with Gasteiger partial charge in [-0.2, -0.15) is 0 Å². The first-order valence-corrected chi connectivity index (χ1v) is 6.87. The molecule has 0 fully saturated rings. The number of hydrogen-bond acceptors (Lipinski definition) is 2. The second kappa shape index (κ2) is 7.09. The molecule has 5 heteroatoms. The van der Waals surface area contributed by atoms with Crippen LogP contribution in [0.5, 0.6) is 5.75 Å². The molecule has 0 aliphatic rings. The molecule has 2 aromatic carbocycles. The zero-order valence-corrected chi connectivity index (χ0v) is 12.3. The number of hydrogen-bond donors (Lipinski definition) is 1. The number of amides is 1. The quantitative estimate of drug-likeness (QED) is 0.857. The maximum atomic E-state index is 13.0. The molecule has 0 saturated heterocycles. The molecule has 0 saturated carbocycles. The summed E-state index contributed by atoms with van der Waals surface area (Å²) in [5, 5.41) is 3.35. The fraction of sp³-hybridized carbons (Fsp3) is 0.188. The Hall–Kier alpha value is -2.07. The van der Waals surface area contributed by atoms with E-state index < -0.39 is 5.82 Å². The SMILES string of the molecule is Cc1cc(OCCNC(=O)c2cccc(F)c2)ccc1Cl. The summed E-state index contributed by atoms with van der Waals surface area (Å²) in [7, 11) is 0. The molecule has 110 valence electrons. The van der Waals surface area contributed by atoms with Crippen LogP contribution in [0.25, 0.3) is 0 Å². The number of halogens is 2. The van der Waals surface area contributed by atoms with E-state index in [1.165, 1.54) is 18.2 Å². The third-order valence-electron chi connectivity index (χ3n) is 2.87. The van der Waals surface area contributed by atoms with Crippen LogP contribution in [0.1, 0.15) is 15.9 Å². The minimum absolute atomic E-state index is 0.289. The Morgan fingerprint density at radius 2 is 2.10 bits per heavy atom. The summed E-state index contributed by atoms with van der Waals surface area (Å²) in [5.41, 5.74) is 1.22. The van der Waals surface area contributed by atoms with Gasteiger partial charge >= 0.3 is 0 Å². The lowest BCUT2D eigenvalue weighted by Gasteiger charge is -2.09. The fourth-order valence-electron chi connectivity index (χ4n) is 1.77. The summed E-state index contributed by atoms with van der Waals surface area (Å²) in [6, 6.07) is 10.9. The third-order valence-corrected chi connectivity index (χ3v) is 3.30. The van der Waals surface area contributed by atoms with Crippen LogP contribution < -0.4 is 10.1 Å². The Morgan fingerprint density at radius 1 is 1.29 bits per heavy atom. The van der Waals surface area contributed by atoms with Gasteiger partial charge < -0.3 is 10.1 Å². The monoisotopic (exact) mass is 307 g/mol. The molecule has 0 atom stereocenters. The van der Waals surface area contributed by atoms with Crippen molar-refractivity contribution < 1.29 is 13.9 Å². The summed E-state index contributed by atoms with van der Waals surface area (Å²) in [6.45, 7) is 2.54. The van der Waals surface area contributed by atoms with Gasteiger partial charge in [0.1, 0.15) is 18.2 Å². The molecule has 0 heterocycles. The van der Waals surface area contributed by atoms with E-state index >= 15 is 0 Å². The van der Waals surface area contributed by atoms with E-state index in [1.54, 1.807) is 18.2 Å². The van der Waals surface area contributed by atoms with Crippen molar-refractivity contribution in [3.05, 3.63) is 64.4 Å². The third kappa shape index (κ3) is 4.46. The van der Waals surface area contributed by atoms with Crippen molar-refractivity contribution in [2.45, 2.75) is 6.92 Å². The highest BCUT2D eigenvalue weighted by Crippen LogP contribution is 2.20. The number of ether oxygens (including phenoxy) is 1. The van der Waals surface area contributed by atoms with Gasteiger partial charge in [0.15, 0.2) is 0 Å². The van der Waals surface area contributed by atoms with Gasteiger partial charge in [-0.3, -0.25) is 4.79 Å². The van der Waals surface area contributed by atoms with Crippen molar-refractivity contribution in [1.29, 1.82) is 0 Å². The summed E-state index contributed by atoms with van der Waals surface area (Å²) in [6.07, 6.45) is 0. The number of benzene rings is 2. The average Bonchev–Trinajstić information content (AvgIpc) is 2.47. The van der Waals surface area contributed by atoms with E-state index in [4.69, 9.17) is 16.3 Å². The van der Waals surface area contributed by atoms with Gasteiger partial charge in [0.25, 0.3) is 5.91 Å². The van der Waals surface area contributed by atoms with E-state index in [0.717, 1.165) is 5.56 Å². The van der Waals surface area contributed by atoms with Crippen LogP contribution in [0.2, 0.25) is 5.02 Å². The van der Waals surface area contributed by atoms with E-state index in [0.29, 0.717) is 23.9 Å². The van der Waals surface area contributed by atoms with Gasteiger partial charge in [0, 0.05) is 10.6 Å². The average molecular weight is 308 g/mol. The van der Waals surface area contributed by atoms with Gasteiger partial charge in [0.2, 0.25) is 0 Å². The molecular weight excluding hydrogens is 293 g/mol. The summed E-state index contributed by atoms with van der Waals surface area (Å²) in [5.74, 6) is -0.0715. The molecule has 0 aromatic heterocycles. The molecule has 1 amide bonds. The first kappa shape index (κ1) is 15.3. The molecule has 0 aliphatic carbocycles. The summed E-state index contributed by atoms with van der Waals surface area (Å²) < 4.78 is 18.5. The Morgan fingerprint density at radius 3 is 2.81 bits per heavy atom. The molecule has 1 N–H and O–H groups in total. The molecule has 2 aromatic rings. The highest BCUT2D eigenvalue weighted by Gasteiger charge is 2.05. The maximum Gasteiger partial charge on any atom is 0.251 e. The molecule has 3 nitrogen and oxygen atoms in total. The van der Waals surface area contributed by atoms with Crippen molar-refractivity contribution >= 4 is 17.5 Å². The molecular formula is C16H15ClFNO2. The number of aryl methyl sites for hydroxylation is 1. The molecule has 2 rings (SSSR count). The lowest BCUT2D eigenvalue weighted by atomic mass is 10.2. The fourth-order valence-corrected chi connectivity index (χ4v) is 1.89. The van der Waals surface area contributed by atoms with Gasteiger partial charge in [-0.15, -0.1) is 0 Å². The number of nitrogens with one attached hydrogen (secondary N) is 1. The zero-order chi connectivity index (χ0) is 15.2. The van der Waals surface area contributed by atoms with Crippen molar-refractivity contribution in [1.82, 2.24) is 5.32 Å². The molecule has 0 bridgehead atoms. The van der Waals surface area contributed by atoms with Crippen molar-refractivity contribution in [3.63, 3.8) is 0 Å². The molecule has 0 spiro atoms. The maximum absolute atomic E-state index is 13.0. The van der Waals surface area contributed by atoms with Crippen LogP contribution >= 0.6 is 11.6 Å². The second-order valence-corrected chi connectivity index (χ2v) is 4.93. The number of rotatable bonds is 5. The van der Waals surface area contributed by atoms with Crippen molar-refractivity contribution in [3.8, 4) is 5.75 Å². The van der Waals surface area contributed by atoms with Gasteiger partial charge in [-0.05, 0) is 48.9 Å². The van der Waals surface area contributed by atoms with Gasteiger partial charge in [-0.25, -0.2) is 4.39 Å². The highest BCUT2D eigenvalue weighted by atomic mass is 35.5. The normalized spacial score (nSPS) is 10.2. The zero-order valence-electron chi connectivity index (χ0n) is 11.5. The number of carbonyl (C=O) groups is 1. The molecule has 0 unspecified atom stereocenters. The minimum Gasteiger partial charge on any atom is -0.492 e. The topological polar surface area (TPSA) is 38.3 Å². The summed E-state index contributed by atoms with van der Waals surface area (Å²) in [4.78, 5) is 11.8. The predicted octanol–water partition coefficient (Wildman–Crippen LogP) is 3.60. The Labute approximate surface area is 127 Å². The van der Waals surface area contributed by atoms with Crippen LogP contribution in [0.4, 0.5) is 4.39 Å². The molecule has 0 aliphatic heterocycles. The smallest absolute Gasteiger partial charge is 0.251 e. The summed E-state index contributed by atoms with van der Waals surface area (Å²) >= 11 is 5.92. The van der Waals surface area contributed by atoms with Crippen LogP contribution in [0.15, 0.2) is 42.5 Å². The van der Waals surface area contributed by atoms with Crippen molar-refractivity contribution in [2.24, 2.45) is 0 Å². The van der Waals surface area contributed by atoms with E-state index in [1.807, 2.05) is 13.0 Å². The van der Waals surface area contributed by atoms with Crippen LogP contribution in [-0.4, -0.2) is 19.1 Å². The van der Waals surface area contributed by atoms with E-state index in [9.17, 15) is 9.18 Å². The van der Waals surface area contributed by atoms with Gasteiger partial charge in [0.05, 0.1) is 6.54 Å². The molecule has 0 radical (unpaired) electrons. The lowest BCUT2D eigenvalue weighted by Crippen LogP contribution is -2.28. The first-order valence-electron chi connectivity index (χ1n) is 6.49. The van der Waals surface area contributed by atoms with Gasteiger partial charge in [-0.1, -0.05) is 17.7 Å². The minimum atomic E-state index is -0.435. The lowest BCUT2D eigenvalue weighted by molar-refractivity contribution is 0.0946. The standard InChI is InChI=1S/C16H15ClFNO2/c1-11-9-14(5-6-15(11)17)21-8-7-19-16(20)12-3-2-4-13(18)10-12/h2-6,9-10H,7-8H2,1H3,(H,19,20). The Kier molecular flexibility index (Phi) is 5.17. The van der Waals surface area contributed by atoms with E-state index in [2.05, 4.69) is 5.32 Å². The highest BCUT2D eigenvalue weighted by molar-refractivity contribution is 6.31. The van der Waals surface area contributed by atoms with E-state index in [-0.39, 0.29) is 11.5 Å². The van der Waals surface area contributed by atoms with Crippen LogP contribution in [0, 0.1) is 12.7 Å². The first-order chi connectivity index (χ1) is 10.1. The van der Waals surface area contributed by atoms with Crippen LogP contribution in [-0.2, 0) is 0 Å². The van der Waals surface area contributed by atoms with Crippen LogP contribution in [0.3, 0.4) is 0 Å².